The van der Waals surface area contributed by atoms with Crippen molar-refractivity contribution in [3.63, 3.8) is 0 Å². The third-order valence-corrected chi connectivity index (χ3v) is 2.92. The highest BCUT2D eigenvalue weighted by atomic mass is 79.9. The van der Waals surface area contributed by atoms with Gasteiger partial charge in [-0.25, -0.2) is 4.79 Å². The molecule has 2 rings (SSSR count). The minimum absolute atomic E-state index is 0.00291. The number of esters is 1. The second-order valence-electron chi connectivity index (χ2n) is 4.35. The molecule has 0 aliphatic rings. The summed E-state index contributed by atoms with van der Waals surface area (Å²) in [5, 5.41) is 3.66. The van der Waals surface area contributed by atoms with Crippen LogP contribution in [0.1, 0.15) is 42.1 Å². The number of halogens is 1. The molecule has 0 atom stereocenters. The number of aryl methyl sites for hydroxylation is 1. The standard InChI is InChI=1S/C12H14BrN3O3/c1-7(2)16-5-9(13)4-10(16)12(17)18-6-11-14-8(3)19-15-11/h4-5,7H,6H2,1-3H3. The van der Waals surface area contributed by atoms with Gasteiger partial charge in [0.2, 0.25) is 11.7 Å². The van der Waals surface area contributed by atoms with E-state index in [1.54, 1.807) is 13.0 Å². The van der Waals surface area contributed by atoms with Crippen LogP contribution in [0, 0.1) is 6.92 Å². The molecule has 0 spiro atoms. The smallest absolute Gasteiger partial charge is 0.355 e. The Morgan fingerprint density at radius 1 is 1.58 bits per heavy atom. The Bertz CT molecular complexity index is 589. The van der Waals surface area contributed by atoms with Gasteiger partial charge in [0.05, 0.1) is 0 Å². The average molecular weight is 328 g/mol. The molecule has 0 radical (unpaired) electrons. The van der Waals surface area contributed by atoms with E-state index in [1.807, 2.05) is 24.6 Å². The fourth-order valence-electron chi connectivity index (χ4n) is 1.64. The molecular weight excluding hydrogens is 314 g/mol. The maximum absolute atomic E-state index is 12.0. The summed E-state index contributed by atoms with van der Waals surface area (Å²) in [5.74, 6) is 0.383. The number of hydrogen-bond acceptors (Lipinski definition) is 5. The fraction of sp³-hybridized carbons (Fsp3) is 0.417. The molecule has 0 aromatic carbocycles. The molecule has 0 fully saturated rings. The van der Waals surface area contributed by atoms with Crippen LogP contribution in [0.3, 0.4) is 0 Å². The molecule has 0 unspecified atom stereocenters. The molecule has 0 N–H and O–H groups in total. The van der Waals surface area contributed by atoms with Crippen molar-refractivity contribution < 1.29 is 14.1 Å². The summed E-state index contributed by atoms with van der Waals surface area (Å²) in [7, 11) is 0. The van der Waals surface area contributed by atoms with Crippen LogP contribution in [0.15, 0.2) is 21.3 Å². The largest absolute Gasteiger partial charge is 0.453 e. The van der Waals surface area contributed by atoms with Crippen molar-refractivity contribution in [3.8, 4) is 0 Å². The third kappa shape index (κ3) is 3.23. The van der Waals surface area contributed by atoms with Crippen molar-refractivity contribution >= 4 is 21.9 Å². The van der Waals surface area contributed by atoms with Gasteiger partial charge in [-0.1, -0.05) is 5.16 Å². The Morgan fingerprint density at radius 3 is 2.89 bits per heavy atom. The summed E-state index contributed by atoms with van der Waals surface area (Å²) >= 11 is 3.35. The Hall–Kier alpha value is -1.63. The number of ether oxygens (including phenoxy) is 1. The van der Waals surface area contributed by atoms with Gasteiger partial charge in [0, 0.05) is 23.6 Å². The fourth-order valence-corrected chi connectivity index (χ4v) is 2.08. The van der Waals surface area contributed by atoms with E-state index in [2.05, 4.69) is 26.1 Å². The predicted molar refractivity (Wildman–Crippen MR) is 70.7 cm³/mol. The minimum atomic E-state index is -0.415. The van der Waals surface area contributed by atoms with Crippen LogP contribution < -0.4 is 0 Å². The molecule has 0 aliphatic carbocycles. The lowest BCUT2D eigenvalue weighted by atomic mass is 10.3. The van der Waals surface area contributed by atoms with Gasteiger partial charge >= 0.3 is 5.97 Å². The van der Waals surface area contributed by atoms with Gasteiger partial charge in [-0.05, 0) is 35.8 Å². The van der Waals surface area contributed by atoms with Crippen molar-refractivity contribution in [1.29, 1.82) is 0 Å². The lowest BCUT2D eigenvalue weighted by Gasteiger charge is -2.11. The molecule has 0 saturated heterocycles. The molecule has 0 bridgehead atoms. The highest BCUT2D eigenvalue weighted by Gasteiger charge is 2.17. The van der Waals surface area contributed by atoms with E-state index in [9.17, 15) is 4.79 Å². The maximum Gasteiger partial charge on any atom is 0.355 e. The molecule has 0 amide bonds. The minimum Gasteiger partial charge on any atom is -0.453 e. The summed E-state index contributed by atoms with van der Waals surface area (Å²) in [6, 6.07) is 1.89. The highest BCUT2D eigenvalue weighted by molar-refractivity contribution is 9.10. The number of aromatic nitrogens is 3. The van der Waals surface area contributed by atoms with Crippen molar-refractivity contribution in [2.75, 3.05) is 0 Å². The summed E-state index contributed by atoms with van der Waals surface area (Å²) in [4.78, 5) is 16.0. The molecule has 2 aromatic heterocycles. The molecule has 2 aromatic rings. The maximum atomic E-state index is 12.0. The first kappa shape index (κ1) is 13.8. The van der Waals surface area contributed by atoms with Gasteiger partial charge in [0.15, 0.2) is 6.61 Å². The Morgan fingerprint density at radius 2 is 2.32 bits per heavy atom. The van der Waals surface area contributed by atoms with Crippen molar-refractivity contribution in [2.45, 2.75) is 33.4 Å². The van der Waals surface area contributed by atoms with E-state index in [0.29, 0.717) is 17.4 Å². The van der Waals surface area contributed by atoms with Crippen molar-refractivity contribution in [1.82, 2.24) is 14.7 Å². The number of rotatable bonds is 4. The molecular formula is C12H14BrN3O3. The van der Waals surface area contributed by atoms with Gasteiger partial charge < -0.3 is 13.8 Å². The van der Waals surface area contributed by atoms with E-state index >= 15 is 0 Å². The van der Waals surface area contributed by atoms with Gasteiger partial charge in [-0.15, -0.1) is 0 Å². The van der Waals surface area contributed by atoms with Gasteiger partial charge in [-0.3, -0.25) is 0 Å². The Kier molecular flexibility index (Phi) is 4.04. The second-order valence-corrected chi connectivity index (χ2v) is 5.27. The SMILES string of the molecule is Cc1nc(COC(=O)c2cc(Br)cn2C(C)C)no1. The number of nitrogens with zero attached hydrogens (tertiary/aromatic N) is 3. The monoisotopic (exact) mass is 327 g/mol. The van der Waals surface area contributed by atoms with E-state index in [4.69, 9.17) is 9.26 Å². The topological polar surface area (TPSA) is 70.2 Å². The first-order chi connectivity index (χ1) is 8.97. The van der Waals surface area contributed by atoms with Crippen LogP contribution in [0.5, 0.6) is 0 Å². The zero-order valence-electron chi connectivity index (χ0n) is 10.9. The second kappa shape index (κ2) is 5.56. The molecule has 6 nitrogen and oxygen atoms in total. The first-order valence-electron chi connectivity index (χ1n) is 5.81. The normalized spacial score (nSPS) is 11.0. The van der Waals surface area contributed by atoms with Crippen molar-refractivity contribution in [2.24, 2.45) is 0 Å². The zero-order chi connectivity index (χ0) is 14.0. The van der Waals surface area contributed by atoms with E-state index in [0.717, 1.165) is 4.47 Å². The van der Waals surface area contributed by atoms with Crippen LogP contribution in [0.2, 0.25) is 0 Å². The molecule has 0 saturated carbocycles. The summed E-state index contributed by atoms with van der Waals surface area (Å²) in [6.45, 7) is 5.66. The van der Waals surface area contributed by atoms with E-state index < -0.39 is 5.97 Å². The van der Waals surface area contributed by atoms with Crippen molar-refractivity contribution in [3.05, 3.63) is 34.1 Å². The molecule has 7 heteroatoms. The summed E-state index contributed by atoms with van der Waals surface area (Å²) in [6.07, 6.45) is 1.85. The number of carbonyl (C=O) groups excluding carboxylic acids is 1. The lowest BCUT2D eigenvalue weighted by Crippen LogP contribution is -2.13. The number of carbonyl (C=O) groups is 1. The van der Waals surface area contributed by atoms with Crippen LogP contribution in [0.4, 0.5) is 0 Å². The van der Waals surface area contributed by atoms with E-state index in [-0.39, 0.29) is 12.6 Å². The van der Waals surface area contributed by atoms with E-state index in [1.165, 1.54) is 0 Å². The quantitative estimate of drug-likeness (QED) is 0.807. The predicted octanol–water partition coefficient (Wildman–Crippen LogP) is 2.88. The van der Waals surface area contributed by atoms with Gasteiger partial charge in [0.1, 0.15) is 5.69 Å². The van der Waals surface area contributed by atoms with Crippen LogP contribution in [-0.2, 0) is 11.3 Å². The summed E-state index contributed by atoms with van der Waals surface area (Å²) < 4.78 is 12.6. The van der Waals surface area contributed by atoms with Gasteiger partial charge in [-0.2, -0.15) is 4.98 Å². The summed E-state index contributed by atoms with van der Waals surface area (Å²) in [5.41, 5.74) is 0.488. The Labute approximate surface area is 118 Å². The van der Waals surface area contributed by atoms with Crippen LogP contribution in [-0.4, -0.2) is 20.7 Å². The Balaban J connectivity index is 2.07. The highest BCUT2D eigenvalue weighted by Crippen LogP contribution is 2.20. The third-order valence-electron chi connectivity index (χ3n) is 2.48. The molecule has 2 heterocycles. The molecule has 19 heavy (non-hydrogen) atoms. The lowest BCUT2D eigenvalue weighted by molar-refractivity contribution is 0.0445. The zero-order valence-corrected chi connectivity index (χ0v) is 12.5. The number of hydrogen-bond donors (Lipinski definition) is 0. The average Bonchev–Trinajstić information content (AvgIpc) is 2.92. The molecule has 102 valence electrons. The van der Waals surface area contributed by atoms with Crippen LogP contribution in [0.25, 0.3) is 0 Å². The molecule has 0 aliphatic heterocycles. The first-order valence-corrected chi connectivity index (χ1v) is 6.60. The van der Waals surface area contributed by atoms with Gasteiger partial charge in [0.25, 0.3) is 0 Å². The van der Waals surface area contributed by atoms with Crippen LogP contribution >= 0.6 is 15.9 Å².